The lowest BCUT2D eigenvalue weighted by Gasteiger charge is -2.10. The van der Waals surface area contributed by atoms with Crippen LogP contribution in [0.15, 0.2) is 18.2 Å². The van der Waals surface area contributed by atoms with Gasteiger partial charge in [-0.05, 0) is 38.0 Å². The van der Waals surface area contributed by atoms with E-state index in [0.29, 0.717) is 18.9 Å². The lowest BCUT2D eigenvalue weighted by Crippen LogP contribution is -2.15. The highest BCUT2D eigenvalue weighted by molar-refractivity contribution is 7.98. The van der Waals surface area contributed by atoms with Crippen molar-refractivity contribution >= 4 is 11.8 Å². The van der Waals surface area contributed by atoms with Crippen LogP contribution in [0.5, 0.6) is 11.5 Å². The number of hydrogen-bond acceptors (Lipinski definition) is 4. The second-order valence-electron chi connectivity index (χ2n) is 3.72. The summed E-state index contributed by atoms with van der Waals surface area (Å²) < 4.78 is 5.34. The van der Waals surface area contributed by atoms with E-state index in [9.17, 15) is 5.11 Å². The fraction of sp³-hybridized carbons (Fsp3) is 0.538. The molecule has 0 heterocycles. The van der Waals surface area contributed by atoms with Crippen LogP contribution in [0.4, 0.5) is 0 Å². The molecule has 3 nitrogen and oxygen atoms in total. The van der Waals surface area contributed by atoms with Gasteiger partial charge in [0, 0.05) is 12.1 Å². The summed E-state index contributed by atoms with van der Waals surface area (Å²) in [5, 5.41) is 13.3. The van der Waals surface area contributed by atoms with Gasteiger partial charge in [-0.1, -0.05) is 12.1 Å². The third-order valence-electron chi connectivity index (χ3n) is 2.40. The Morgan fingerprint density at radius 3 is 2.94 bits per heavy atom. The summed E-state index contributed by atoms with van der Waals surface area (Å²) in [5.41, 5.74) is 0.889. The zero-order valence-corrected chi connectivity index (χ0v) is 11.3. The molecule has 1 rings (SSSR count). The van der Waals surface area contributed by atoms with Crippen LogP contribution in [0.2, 0.25) is 0 Å². The molecule has 0 atom stereocenters. The largest absolute Gasteiger partial charge is 0.504 e. The molecule has 0 amide bonds. The third kappa shape index (κ3) is 4.88. The Hall–Kier alpha value is -0.870. The minimum absolute atomic E-state index is 0.256. The average Bonchev–Trinajstić information content (AvgIpc) is 2.33. The van der Waals surface area contributed by atoms with E-state index in [0.717, 1.165) is 24.3 Å². The highest BCUT2D eigenvalue weighted by Crippen LogP contribution is 2.29. The van der Waals surface area contributed by atoms with Crippen LogP contribution >= 0.6 is 11.8 Å². The summed E-state index contributed by atoms with van der Waals surface area (Å²) in [7, 11) is 0. The monoisotopic (exact) mass is 255 g/mol. The van der Waals surface area contributed by atoms with Crippen LogP contribution in [0.25, 0.3) is 0 Å². The van der Waals surface area contributed by atoms with E-state index in [1.54, 1.807) is 6.07 Å². The molecular formula is C13H21NO2S. The number of benzene rings is 1. The van der Waals surface area contributed by atoms with Gasteiger partial charge in [-0.3, -0.25) is 0 Å². The van der Waals surface area contributed by atoms with Gasteiger partial charge in [0.1, 0.15) is 0 Å². The molecule has 0 bridgehead atoms. The second kappa shape index (κ2) is 8.25. The lowest BCUT2D eigenvalue weighted by atomic mass is 10.2. The molecule has 96 valence electrons. The van der Waals surface area contributed by atoms with E-state index < -0.39 is 0 Å². The summed E-state index contributed by atoms with van der Waals surface area (Å²) in [6.07, 6.45) is 3.25. The highest BCUT2D eigenvalue weighted by Gasteiger charge is 2.06. The number of nitrogens with one attached hydrogen (secondary N) is 1. The minimum Gasteiger partial charge on any atom is -0.504 e. The maximum absolute atomic E-state index is 9.95. The molecule has 0 aliphatic rings. The van der Waals surface area contributed by atoms with E-state index in [1.807, 2.05) is 30.8 Å². The summed E-state index contributed by atoms with van der Waals surface area (Å²) in [6.45, 7) is 4.13. The van der Waals surface area contributed by atoms with Crippen molar-refractivity contribution in [3.05, 3.63) is 23.8 Å². The minimum atomic E-state index is 0.256. The first-order chi connectivity index (χ1) is 8.29. The zero-order chi connectivity index (χ0) is 12.5. The predicted molar refractivity (Wildman–Crippen MR) is 74.0 cm³/mol. The Balaban J connectivity index is 2.44. The van der Waals surface area contributed by atoms with Gasteiger partial charge >= 0.3 is 0 Å². The van der Waals surface area contributed by atoms with Crippen molar-refractivity contribution in [1.82, 2.24) is 5.32 Å². The molecule has 0 spiro atoms. The molecule has 4 heteroatoms. The molecule has 0 fully saturated rings. The number of thioether (sulfide) groups is 1. The molecule has 1 aromatic carbocycles. The molecule has 0 aromatic heterocycles. The molecule has 0 saturated carbocycles. The van der Waals surface area contributed by atoms with Crippen LogP contribution < -0.4 is 10.1 Å². The Morgan fingerprint density at radius 2 is 2.24 bits per heavy atom. The fourth-order valence-corrected chi connectivity index (χ4v) is 1.98. The number of rotatable bonds is 8. The lowest BCUT2D eigenvalue weighted by molar-refractivity contribution is 0.316. The number of phenolic OH excluding ortho intramolecular Hbond substituents is 1. The van der Waals surface area contributed by atoms with Crippen LogP contribution in [0, 0.1) is 0 Å². The average molecular weight is 255 g/mol. The molecule has 0 radical (unpaired) electrons. The molecule has 1 aromatic rings. The highest BCUT2D eigenvalue weighted by atomic mass is 32.2. The van der Waals surface area contributed by atoms with Gasteiger partial charge in [-0.2, -0.15) is 11.8 Å². The van der Waals surface area contributed by atoms with Gasteiger partial charge in [0.25, 0.3) is 0 Å². The molecule has 17 heavy (non-hydrogen) atoms. The molecule has 0 saturated heterocycles. The van der Waals surface area contributed by atoms with Gasteiger partial charge in [-0.25, -0.2) is 0 Å². The Labute approximate surface area is 108 Å². The second-order valence-corrected chi connectivity index (χ2v) is 4.71. The van der Waals surface area contributed by atoms with Crippen LogP contribution in [-0.4, -0.2) is 30.3 Å². The van der Waals surface area contributed by atoms with Crippen molar-refractivity contribution < 1.29 is 9.84 Å². The van der Waals surface area contributed by atoms with Crippen molar-refractivity contribution in [3.8, 4) is 11.5 Å². The van der Waals surface area contributed by atoms with E-state index in [2.05, 4.69) is 11.6 Å². The van der Waals surface area contributed by atoms with Gasteiger partial charge < -0.3 is 15.2 Å². The Morgan fingerprint density at radius 1 is 1.41 bits per heavy atom. The van der Waals surface area contributed by atoms with Crippen LogP contribution in [0.3, 0.4) is 0 Å². The quantitative estimate of drug-likeness (QED) is 0.701. The van der Waals surface area contributed by atoms with Crippen molar-refractivity contribution in [2.75, 3.05) is 25.2 Å². The zero-order valence-electron chi connectivity index (χ0n) is 10.5. The van der Waals surface area contributed by atoms with E-state index in [4.69, 9.17) is 4.74 Å². The third-order valence-corrected chi connectivity index (χ3v) is 3.10. The fourth-order valence-electron chi connectivity index (χ4n) is 1.55. The Kier molecular flexibility index (Phi) is 6.89. The summed E-state index contributed by atoms with van der Waals surface area (Å²) in [4.78, 5) is 0. The summed E-state index contributed by atoms with van der Waals surface area (Å²) in [6, 6.07) is 5.61. The van der Waals surface area contributed by atoms with Crippen molar-refractivity contribution in [3.63, 3.8) is 0 Å². The molecule has 0 aliphatic carbocycles. The maximum Gasteiger partial charge on any atom is 0.162 e. The first-order valence-corrected chi connectivity index (χ1v) is 7.32. The summed E-state index contributed by atoms with van der Waals surface area (Å²) in [5.74, 6) is 1.99. The van der Waals surface area contributed by atoms with E-state index in [-0.39, 0.29) is 5.75 Å². The number of hydrogen-bond donors (Lipinski definition) is 2. The maximum atomic E-state index is 9.95. The molecule has 2 N–H and O–H groups in total. The molecule has 0 aliphatic heterocycles. The topological polar surface area (TPSA) is 41.5 Å². The standard InChI is InChI=1S/C13H21NO2S/c1-3-16-12-7-4-6-11(13(12)15)10-14-8-5-9-17-2/h4,6-7,14-15H,3,5,8-10H2,1-2H3. The van der Waals surface area contributed by atoms with E-state index >= 15 is 0 Å². The number of para-hydroxylation sites is 1. The first-order valence-electron chi connectivity index (χ1n) is 5.93. The molecular weight excluding hydrogens is 234 g/mol. The van der Waals surface area contributed by atoms with Crippen molar-refractivity contribution in [2.45, 2.75) is 19.9 Å². The number of ether oxygens (including phenoxy) is 1. The van der Waals surface area contributed by atoms with Gasteiger partial charge in [0.2, 0.25) is 0 Å². The van der Waals surface area contributed by atoms with Crippen molar-refractivity contribution in [2.24, 2.45) is 0 Å². The van der Waals surface area contributed by atoms with Crippen LogP contribution in [-0.2, 0) is 6.54 Å². The van der Waals surface area contributed by atoms with Gasteiger partial charge in [-0.15, -0.1) is 0 Å². The molecule has 0 unspecified atom stereocenters. The SMILES string of the molecule is CCOc1cccc(CNCCCSC)c1O. The Bertz CT molecular complexity index is 331. The van der Waals surface area contributed by atoms with E-state index in [1.165, 1.54) is 0 Å². The predicted octanol–water partition coefficient (Wildman–Crippen LogP) is 2.63. The summed E-state index contributed by atoms with van der Waals surface area (Å²) >= 11 is 1.85. The van der Waals surface area contributed by atoms with Gasteiger partial charge in [0.15, 0.2) is 11.5 Å². The van der Waals surface area contributed by atoms with Gasteiger partial charge in [0.05, 0.1) is 6.61 Å². The first kappa shape index (κ1) is 14.2. The number of aromatic hydroxyl groups is 1. The van der Waals surface area contributed by atoms with Crippen molar-refractivity contribution in [1.29, 1.82) is 0 Å². The van der Waals surface area contributed by atoms with Crippen LogP contribution in [0.1, 0.15) is 18.9 Å². The number of phenols is 1. The normalized spacial score (nSPS) is 10.5. The smallest absolute Gasteiger partial charge is 0.162 e.